The summed E-state index contributed by atoms with van der Waals surface area (Å²) in [6, 6.07) is 10.5. The van der Waals surface area contributed by atoms with Crippen molar-refractivity contribution in [3.05, 3.63) is 48.6 Å². The van der Waals surface area contributed by atoms with Gasteiger partial charge in [-0.15, -0.1) is 16.8 Å². The molecule has 1 N–H and O–H groups in total. The third kappa shape index (κ3) is 2.92. The van der Waals surface area contributed by atoms with Crippen LogP contribution in [0, 0.1) is 0 Å². The van der Waals surface area contributed by atoms with Crippen molar-refractivity contribution < 1.29 is 0 Å². The topological polar surface area (TPSA) is 50.7 Å². The molecule has 4 nitrogen and oxygen atoms in total. The van der Waals surface area contributed by atoms with Crippen LogP contribution in [-0.4, -0.2) is 21.7 Å². The molecule has 5 heteroatoms. The first-order valence-corrected chi connectivity index (χ1v) is 7.70. The van der Waals surface area contributed by atoms with Crippen LogP contribution in [0.15, 0.2) is 43.0 Å². The highest BCUT2D eigenvalue weighted by Crippen LogP contribution is 2.27. The van der Waals surface area contributed by atoms with Crippen molar-refractivity contribution in [3.8, 4) is 11.3 Å². The van der Waals surface area contributed by atoms with E-state index in [4.69, 9.17) is 0 Å². The Labute approximate surface area is 127 Å². The van der Waals surface area contributed by atoms with Crippen LogP contribution in [-0.2, 0) is 6.42 Å². The minimum atomic E-state index is 0.681. The second kappa shape index (κ2) is 6.01. The predicted octanol–water partition coefficient (Wildman–Crippen LogP) is 3.91. The second-order valence-corrected chi connectivity index (χ2v) is 5.69. The Bertz CT molecular complexity index is 762. The van der Waals surface area contributed by atoms with E-state index in [-0.39, 0.29) is 0 Å². The van der Waals surface area contributed by atoms with Crippen molar-refractivity contribution in [2.75, 3.05) is 11.9 Å². The normalized spacial score (nSPS) is 10.7. The summed E-state index contributed by atoms with van der Waals surface area (Å²) in [5.74, 6) is 0. The first kappa shape index (κ1) is 13.7. The quantitative estimate of drug-likeness (QED) is 0.725. The van der Waals surface area contributed by atoms with Crippen molar-refractivity contribution in [2.45, 2.75) is 13.3 Å². The number of aryl methyl sites for hydroxylation is 1. The third-order valence-electron chi connectivity index (χ3n) is 3.21. The second-order valence-electron chi connectivity index (χ2n) is 4.66. The lowest BCUT2D eigenvalue weighted by Gasteiger charge is -2.01. The molecule has 0 spiro atoms. The van der Waals surface area contributed by atoms with E-state index >= 15 is 0 Å². The summed E-state index contributed by atoms with van der Waals surface area (Å²) in [4.78, 5) is 4.40. The minimum absolute atomic E-state index is 0.681. The average Bonchev–Trinajstić information content (AvgIpc) is 2.95. The number of aromatic nitrogens is 3. The van der Waals surface area contributed by atoms with Crippen LogP contribution >= 0.6 is 11.3 Å². The lowest BCUT2D eigenvalue weighted by Crippen LogP contribution is -1.96. The molecular weight excluding hydrogens is 280 g/mol. The first-order chi connectivity index (χ1) is 10.3. The lowest BCUT2D eigenvalue weighted by atomic mass is 10.1. The van der Waals surface area contributed by atoms with Gasteiger partial charge in [0, 0.05) is 12.1 Å². The van der Waals surface area contributed by atoms with Gasteiger partial charge in [0.1, 0.15) is 0 Å². The summed E-state index contributed by atoms with van der Waals surface area (Å²) in [5.41, 5.74) is 3.96. The van der Waals surface area contributed by atoms with Crippen molar-refractivity contribution in [2.24, 2.45) is 0 Å². The number of hydrogen-bond acceptors (Lipinski definition) is 5. The maximum absolute atomic E-state index is 4.40. The van der Waals surface area contributed by atoms with Crippen LogP contribution < -0.4 is 5.32 Å². The Morgan fingerprint density at radius 3 is 2.76 bits per heavy atom. The molecule has 0 aliphatic carbocycles. The predicted molar refractivity (Wildman–Crippen MR) is 88.7 cm³/mol. The molecule has 0 amide bonds. The van der Waals surface area contributed by atoms with Crippen LogP contribution in [0.2, 0.25) is 0 Å². The van der Waals surface area contributed by atoms with Gasteiger partial charge in [-0.1, -0.05) is 48.6 Å². The van der Waals surface area contributed by atoms with Gasteiger partial charge in [0.05, 0.1) is 10.4 Å². The van der Waals surface area contributed by atoms with E-state index in [9.17, 15) is 0 Å². The van der Waals surface area contributed by atoms with E-state index in [1.54, 1.807) is 17.4 Å². The van der Waals surface area contributed by atoms with Crippen molar-refractivity contribution in [1.29, 1.82) is 0 Å². The minimum Gasteiger partial charge on any atom is -0.358 e. The molecule has 0 saturated heterocycles. The molecule has 0 aliphatic rings. The van der Waals surface area contributed by atoms with E-state index in [0.717, 1.165) is 27.5 Å². The highest BCUT2D eigenvalue weighted by molar-refractivity contribution is 7.22. The van der Waals surface area contributed by atoms with Gasteiger partial charge in [-0.25, -0.2) is 0 Å². The molecule has 106 valence electrons. The Hall–Kier alpha value is -2.27. The van der Waals surface area contributed by atoms with Crippen LogP contribution in [0.5, 0.6) is 0 Å². The SMILES string of the molecule is C=CCNc1nc2nnc(-c3ccc(CC)cc3)cc2s1. The fourth-order valence-corrected chi connectivity index (χ4v) is 2.88. The zero-order chi connectivity index (χ0) is 14.7. The fraction of sp³-hybridized carbons (Fsp3) is 0.188. The van der Waals surface area contributed by atoms with Gasteiger partial charge in [-0.2, -0.15) is 4.98 Å². The Morgan fingerprint density at radius 2 is 2.05 bits per heavy atom. The van der Waals surface area contributed by atoms with E-state index in [1.807, 2.05) is 6.07 Å². The molecule has 0 unspecified atom stereocenters. The molecule has 0 aliphatic heterocycles. The molecule has 0 radical (unpaired) electrons. The molecular formula is C16H16N4S. The largest absolute Gasteiger partial charge is 0.358 e. The molecule has 2 heterocycles. The molecule has 21 heavy (non-hydrogen) atoms. The lowest BCUT2D eigenvalue weighted by molar-refractivity contribution is 1.06. The van der Waals surface area contributed by atoms with Crippen molar-refractivity contribution >= 4 is 26.8 Å². The maximum atomic E-state index is 4.40. The maximum Gasteiger partial charge on any atom is 0.194 e. The van der Waals surface area contributed by atoms with E-state index in [2.05, 4.69) is 58.3 Å². The van der Waals surface area contributed by atoms with Crippen molar-refractivity contribution in [1.82, 2.24) is 15.2 Å². The van der Waals surface area contributed by atoms with Gasteiger partial charge in [0.2, 0.25) is 0 Å². The number of rotatable bonds is 5. The van der Waals surface area contributed by atoms with E-state index in [0.29, 0.717) is 12.2 Å². The monoisotopic (exact) mass is 296 g/mol. The summed E-state index contributed by atoms with van der Waals surface area (Å²) in [6.07, 6.45) is 2.84. The number of benzene rings is 1. The number of anilines is 1. The average molecular weight is 296 g/mol. The third-order valence-corrected chi connectivity index (χ3v) is 4.16. The Kier molecular flexibility index (Phi) is 3.92. The zero-order valence-electron chi connectivity index (χ0n) is 11.8. The smallest absolute Gasteiger partial charge is 0.194 e. The van der Waals surface area contributed by atoms with Gasteiger partial charge in [-0.05, 0) is 18.1 Å². The van der Waals surface area contributed by atoms with E-state index < -0.39 is 0 Å². The summed E-state index contributed by atoms with van der Waals surface area (Å²) in [6.45, 7) is 6.53. The van der Waals surface area contributed by atoms with Gasteiger partial charge in [0.15, 0.2) is 10.8 Å². The highest BCUT2D eigenvalue weighted by Gasteiger charge is 2.08. The molecule has 2 aromatic heterocycles. The Balaban J connectivity index is 1.93. The van der Waals surface area contributed by atoms with Crippen molar-refractivity contribution in [3.63, 3.8) is 0 Å². The number of fused-ring (bicyclic) bond motifs is 1. The molecule has 0 atom stereocenters. The molecule has 0 saturated carbocycles. The first-order valence-electron chi connectivity index (χ1n) is 6.88. The summed E-state index contributed by atoms with van der Waals surface area (Å²) >= 11 is 1.58. The van der Waals surface area contributed by atoms with Gasteiger partial charge in [0.25, 0.3) is 0 Å². The standard InChI is InChI=1S/C16H16N4S/c1-3-9-17-16-18-15-14(21-16)10-13(19-20-15)12-7-5-11(4-2)6-8-12/h3,5-8,10H,1,4,9H2,2H3,(H,17,18,20). The van der Waals surface area contributed by atoms with Crippen LogP contribution in [0.3, 0.4) is 0 Å². The molecule has 3 rings (SSSR count). The van der Waals surface area contributed by atoms with Crippen LogP contribution in [0.4, 0.5) is 5.13 Å². The Morgan fingerprint density at radius 1 is 1.24 bits per heavy atom. The molecule has 3 aromatic rings. The molecule has 0 fully saturated rings. The summed E-state index contributed by atoms with van der Waals surface area (Å²) < 4.78 is 1.03. The number of hydrogen-bond donors (Lipinski definition) is 1. The number of nitrogens with one attached hydrogen (secondary N) is 1. The molecule has 0 bridgehead atoms. The van der Waals surface area contributed by atoms with Crippen LogP contribution in [0.1, 0.15) is 12.5 Å². The zero-order valence-corrected chi connectivity index (χ0v) is 12.7. The summed E-state index contributed by atoms with van der Waals surface area (Å²) in [5, 5.41) is 12.5. The van der Waals surface area contributed by atoms with Gasteiger partial charge < -0.3 is 5.32 Å². The van der Waals surface area contributed by atoms with Gasteiger partial charge >= 0.3 is 0 Å². The highest BCUT2D eigenvalue weighted by atomic mass is 32.1. The van der Waals surface area contributed by atoms with E-state index in [1.165, 1.54) is 5.56 Å². The van der Waals surface area contributed by atoms with Gasteiger partial charge in [-0.3, -0.25) is 0 Å². The molecule has 1 aromatic carbocycles. The number of thiazole rings is 1. The fourth-order valence-electron chi connectivity index (χ4n) is 2.03. The van der Waals surface area contributed by atoms with Crippen LogP contribution in [0.25, 0.3) is 21.6 Å². The summed E-state index contributed by atoms with van der Waals surface area (Å²) in [7, 11) is 0. The number of nitrogens with zero attached hydrogens (tertiary/aromatic N) is 3.